The first kappa shape index (κ1) is 16.6. The van der Waals surface area contributed by atoms with Gasteiger partial charge in [0.2, 0.25) is 0 Å². The maximum atomic E-state index is 12.6. The van der Waals surface area contributed by atoms with E-state index < -0.39 is 0 Å². The Morgan fingerprint density at radius 1 is 1.43 bits per heavy atom. The molecule has 2 N–H and O–H groups in total. The summed E-state index contributed by atoms with van der Waals surface area (Å²) in [6, 6.07) is 5.33. The molecule has 0 saturated heterocycles. The number of nitriles is 1. The molecule has 6 heteroatoms. The van der Waals surface area contributed by atoms with Crippen molar-refractivity contribution in [3.63, 3.8) is 0 Å². The molecule has 1 atom stereocenters. The third kappa shape index (κ3) is 3.78. The molecule has 6 nitrogen and oxygen atoms in total. The summed E-state index contributed by atoms with van der Waals surface area (Å²) in [5.41, 5.74) is 6.57. The molecule has 0 aliphatic heterocycles. The fourth-order valence-electron chi connectivity index (χ4n) is 1.96. The second-order valence-corrected chi connectivity index (χ2v) is 4.66. The van der Waals surface area contributed by atoms with Crippen molar-refractivity contribution in [1.82, 2.24) is 4.90 Å². The van der Waals surface area contributed by atoms with Gasteiger partial charge in [-0.25, -0.2) is 0 Å². The summed E-state index contributed by atoms with van der Waals surface area (Å²) in [6.07, 6.45) is 0. The van der Waals surface area contributed by atoms with Crippen molar-refractivity contribution >= 4 is 11.6 Å². The van der Waals surface area contributed by atoms with Gasteiger partial charge in [-0.3, -0.25) is 4.79 Å². The molecule has 1 aromatic carbocycles. The van der Waals surface area contributed by atoms with Crippen molar-refractivity contribution < 1.29 is 14.3 Å². The van der Waals surface area contributed by atoms with Crippen molar-refractivity contribution in [2.24, 2.45) is 5.92 Å². The van der Waals surface area contributed by atoms with E-state index in [1.807, 2.05) is 6.92 Å². The molecular weight excluding hydrogens is 270 g/mol. The van der Waals surface area contributed by atoms with E-state index in [1.165, 1.54) is 14.2 Å². The minimum Gasteiger partial charge on any atom is -0.497 e. The predicted octanol–water partition coefficient (Wildman–Crippen LogP) is 1.91. The number of nitrogen functional groups attached to an aromatic ring is 1. The quantitative estimate of drug-likeness (QED) is 0.809. The average molecular weight is 291 g/mol. The number of anilines is 1. The van der Waals surface area contributed by atoms with Gasteiger partial charge in [0, 0.05) is 19.2 Å². The minimum atomic E-state index is -0.248. The summed E-state index contributed by atoms with van der Waals surface area (Å²) in [5.74, 6) is 0.396. The standard InChI is InChI=1S/C15H21N3O3/c1-5-18(9-10(2)8-16)15(19)12-6-11(20-3)7-13(21-4)14(12)17/h6-7,10H,5,9,17H2,1-4H3. The van der Waals surface area contributed by atoms with Gasteiger partial charge >= 0.3 is 0 Å². The van der Waals surface area contributed by atoms with E-state index in [4.69, 9.17) is 20.5 Å². The number of ether oxygens (including phenoxy) is 2. The highest BCUT2D eigenvalue weighted by Crippen LogP contribution is 2.31. The summed E-state index contributed by atoms with van der Waals surface area (Å²) in [5, 5.41) is 8.90. The third-order valence-electron chi connectivity index (χ3n) is 3.19. The van der Waals surface area contributed by atoms with Crippen molar-refractivity contribution in [2.75, 3.05) is 33.0 Å². The van der Waals surface area contributed by atoms with Gasteiger partial charge in [0.05, 0.1) is 37.5 Å². The molecule has 114 valence electrons. The normalized spacial score (nSPS) is 11.4. The highest BCUT2D eigenvalue weighted by Gasteiger charge is 2.22. The molecular formula is C15H21N3O3. The summed E-state index contributed by atoms with van der Waals surface area (Å²) >= 11 is 0. The molecule has 1 rings (SSSR count). The molecule has 1 aromatic rings. The number of methoxy groups -OCH3 is 2. The predicted molar refractivity (Wildman–Crippen MR) is 80.3 cm³/mol. The van der Waals surface area contributed by atoms with E-state index >= 15 is 0 Å². The van der Waals surface area contributed by atoms with Crippen LogP contribution in [0.3, 0.4) is 0 Å². The van der Waals surface area contributed by atoms with Gasteiger partial charge in [0.15, 0.2) is 0 Å². The lowest BCUT2D eigenvalue weighted by Crippen LogP contribution is -2.34. The van der Waals surface area contributed by atoms with E-state index in [0.717, 1.165) is 0 Å². The Morgan fingerprint density at radius 2 is 2.10 bits per heavy atom. The largest absolute Gasteiger partial charge is 0.497 e. The monoisotopic (exact) mass is 291 g/mol. The summed E-state index contributed by atoms with van der Waals surface area (Å²) < 4.78 is 10.3. The van der Waals surface area contributed by atoms with E-state index in [-0.39, 0.29) is 17.5 Å². The highest BCUT2D eigenvalue weighted by molar-refractivity contribution is 6.01. The number of hydrogen-bond donors (Lipinski definition) is 1. The Balaban J connectivity index is 3.18. The Kier molecular flexibility index (Phi) is 5.85. The molecule has 0 spiro atoms. The van der Waals surface area contributed by atoms with Crippen LogP contribution in [-0.2, 0) is 0 Å². The van der Waals surface area contributed by atoms with Crippen LogP contribution >= 0.6 is 0 Å². The first-order valence-corrected chi connectivity index (χ1v) is 6.68. The smallest absolute Gasteiger partial charge is 0.256 e. The van der Waals surface area contributed by atoms with Crippen molar-refractivity contribution in [1.29, 1.82) is 5.26 Å². The molecule has 0 radical (unpaired) electrons. The van der Waals surface area contributed by atoms with Crippen LogP contribution in [0.5, 0.6) is 11.5 Å². The van der Waals surface area contributed by atoms with Gasteiger partial charge in [0.1, 0.15) is 11.5 Å². The Labute approximate surface area is 125 Å². The van der Waals surface area contributed by atoms with Crippen molar-refractivity contribution in [3.8, 4) is 17.6 Å². The van der Waals surface area contributed by atoms with Gasteiger partial charge in [-0.2, -0.15) is 5.26 Å². The van der Waals surface area contributed by atoms with Crippen LogP contribution in [0.25, 0.3) is 0 Å². The zero-order valence-electron chi connectivity index (χ0n) is 12.8. The zero-order valence-corrected chi connectivity index (χ0v) is 12.8. The third-order valence-corrected chi connectivity index (χ3v) is 3.19. The van der Waals surface area contributed by atoms with Crippen LogP contribution in [-0.4, -0.2) is 38.1 Å². The second-order valence-electron chi connectivity index (χ2n) is 4.66. The highest BCUT2D eigenvalue weighted by atomic mass is 16.5. The Morgan fingerprint density at radius 3 is 2.57 bits per heavy atom. The molecule has 0 aromatic heterocycles. The molecule has 0 heterocycles. The molecule has 0 saturated carbocycles. The number of rotatable bonds is 6. The molecule has 1 amide bonds. The first-order valence-electron chi connectivity index (χ1n) is 6.68. The van der Waals surface area contributed by atoms with Gasteiger partial charge in [0.25, 0.3) is 5.91 Å². The molecule has 0 bridgehead atoms. The number of carbonyl (C=O) groups is 1. The number of hydrogen-bond acceptors (Lipinski definition) is 5. The molecule has 0 aliphatic rings. The average Bonchev–Trinajstić information content (AvgIpc) is 2.51. The van der Waals surface area contributed by atoms with Crippen LogP contribution in [0.1, 0.15) is 24.2 Å². The van der Waals surface area contributed by atoms with Crippen LogP contribution in [0.2, 0.25) is 0 Å². The first-order chi connectivity index (χ1) is 9.98. The maximum Gasteiger partial charge on any atom is 0.256 e. The molecule has 0 fully saturated rings. The molecule has 0 aliphatic carbocycles. The van der Waals surface area contributed by atoms with Gasteiger partial charge in [-0.1, -0.05) is 0 Å². The van der Waals surface area contributed by atoms with Gasteiger partial charge in [-0.15, -0.1) is 0 Å². The van der Waals surface area contributed by atoms with E-state index in [9.17, 15) is 4.79 Å². The van der Waals surface area contributed by atoms with Crippen LogP contribution in [0, 0.1) is 17.2 Å². The fourth-order valence-corrected chi connectivity index (χ4v) is 1.96. The van der Waals surface area contributed by atoms with Gasteiger partial charge in [-0.05, 0) is 19.9 Å². The van der Waals surface area contributed by atoms with Crippen molar-refractivity contribution in [3.05, 3.63) is 17.7 Å². The lowest BCUT2D eigenvalue weighted by atomic mass is 10.1. The van der Waals surface area contributed by atoms with Gasteiger partial charge < -0.3 is 20.1 Å². The van der Waals surface area contributed by atoms with Crippen LogP contribution < -0.4 is 15.2 Å². The molecule has 21 heavy (non-hydrogen) atoms. The Bertz CT molecular complexity index is 552. The summed E-state index contributed by atoms with van der Waals surface area (Å²) in [6.45, 7) is 4.47. The number of nitrogens with zero attached hydrogens (tertiary/aromatic N) is 2. The zero-order chi connectivity index (χ0) is 16.0. The number of amides is 1. The van der Waals surface area contributed by atoms with Crippen LogP contribution in [0.4, 0.5) is 5.69 Å². The topological polar surface area (TPSA) is 88.6 Å². The van der Waals surface area contributed by atoms with Crippen molar-refractivity contribution in [2.45, 2.75) is 13.8 Å². The number of nitrogens with two attached hydrogens (primary N) is 1. The Hall–Kier alpha value is -2.42. The second kappa shape index (κ2) is 7.39. The van der Waals surface area contributed by atoms with E-state index in [2.05, 4.69) is 6.07 Å². The fraction of sp³-hybridized carbons (Fsp3) is 0.467. The maximum absolute atomic E-state index is 12.6. The summed E-state index contributed by atoms with van der Waals surface area (Å²) in [7, 11) is 2.99. The van der Waals surface area contributed by atoms with Crippen LogP contribution in [0.15, 0.2) is 12.1 Å². The molecule has 1 unspecified atom stereocenters. The lowest BCUT2D eigenvalue weighted by Gasteiger charge is -2.23. The number of benzene rings is 1. The minimum absolute atomic E-state index is 0.241. The SMILES string of the molecule is CCN(CC(C)C#N)C(=O)c1cc(OC)cc(OC)c1N. The number of carbonyl (C=O) groups excluding carboxylic acids is 1. The lowest BCUT2D eigenvalue weighted by molar-refractivity contribution is 0.0753. The summed E-state index contributed by atoms with van der Waals surface area (Å²) in [4.78, 5) is 14.2. The van der Waals surface area contributed by atoms with E-state index in [0.29, 0.717) is 30.2 Å². The van der Waals surface area contributed by atoms with E-state index in [1.54, 1.807) is 24.0 Å².